The number of carbonyl (C=O) groups excluding carboxylic acids is 1. The molecule has 0 aliphatic heterocycles. The Morgan fingerprint density at radius 3 is 2.48 bits per heavy atom. The zero-order valence-corrected chi connectivity index (χ0v) is 14.7. The summed E-state index contributed by atoms with van der Waals surface area (Å²) in [6, 6.07) is 10.2. The molecule has 3 N–H and O–H groups in total. The molecular weight excluding hydrogens is 388 g/mol. The Morgan fingerprint density at radius 1 is 1.16 bits per heavy atom. The Bertz CT molecular complexity index is 934. The van der Waals surface area contributed by atoms with Gasteiger partial charge in [-0.25, -0.2) is 4.79 Å². The summed E-state index contributed by atoms with van der Waals surface area (Å²) in [5, 5.41) is 18.7. The number of H-pyrrole nitrogens is 1. The number of rotatable bonds is 4. The van der Waals surface area contributed by atoms with E-state index in [0.717, 1.165) is 10.2 Å². The van der Waals surface area contributed by atoms with Crippen molar-refractivity contribution in [1.29, 1.82) is 0 Å². The molecule has 0 spiro atoms. The maximum Gasteiger partial charge on any atom is 0.341 e. The molecule has 0 fully saturated rings. The fourth-order valence-corrected chi connectivity index (χ4v) is 2.51. The summed E-state index contributed by atoms with van der Waals surface area (Å²) in [7, 11) is 0. The lowest BCUT2D eigenvalue weighted by Gasteiger charge is -2.05. The highest BCUT2D eigenvalue weighted by Crippen LogP contribution is 2.27. The van der Waals surface area contributed by atoms with Gasteiger partial charge in [0.1, 0.15) is 17.1 Å². The largest absolute Gasteiger partial charge is 0.477 e. The topological polar surface area (TPSA) is 108 Å². The summed E-state index contributed by atoms with van der Waals surface area (Å²) in [6.07, 6.45) is 1.54. The van der Waals surface area contributed by atoms with Gasteiger partial charge in [0, 0.05) is 27.5 Å². The van der Waals surface area contributed by atoms with Crippen LogP contribution in [0.25, 0.3) is 11.3 Å². The number of amides is 1. The van der Waals surface area contributed by atoms with Crippen LogP contribution in [-0.4, -0.2) is 32.2 Å². The highest BCUT2D eigenvalue weighted by Gasteiger charge is 2.23. The van der Waals surface area contributed by atoms with Crippen molar-refractivity contribution in [1.82, 2.24) is 15.2 Å². The van der Waals surface area contributed by atoms with Crippen LogP contribution in [0.2, 0.25) is 0 Å². The third-order valence-electron chi connectivity index (χ3n) is 3.51. The predicted octanol–water partition coefficient (Wildman–Crippen LogP) is 3.49. The van der Waals surface area contributed by atoms with Gasteiger partial charge < -0.3 is 10.4 Å². The van der Waals surface area contributed by atoms with Crippen molar-refractivity contribution in [3.8, 4) is 11.3 Å². The summed E-state index contributed by atoms with van der Waals surface area (Å²) in [5.41, 5.74) is 1.85. The number of nitrogens with one attached hydrogen (secondary N) is 2. The average Bonchev–Trinajstić information content (AvgIpc) is 3.00. The molecule has 2 aromatic heterocycles. The summed E-state index contributed by atoms with van der Waals surface area (Å²) < 4.78 is 0.839. The van der Waals surface area contributed by atoms with Crippen molar-refractivity contribution in [2.75, 3.05) is 5.32 Å². The number of aromatic carboxylic acids is 1. The molecule has 126 valence electrons. The van der Waals surface area contributed by atoms with Crippen molar-refractivity contribution in [2.24, 2.45) is 0 Å². The van der Waals surface area contributed by atoms with Crippen LogP contribution >= 0.6 is 15.9 Å². The van der Waals surface area contributed by atoms with Gasteiger partial charge in [0.05, 0.1) is 0 Å². The predicted molar refractivity (Wildman–Crippen MR) is 95.6 cm³/mol. The standard InChI is InChI=1S/C17H13BrN4O3/c1-9-2-3-11(8-19-9)14-13(17(24)25)15(22-21-14)20-16(23)10-4-6-12(18)7-5-10/h2-8H,1H3,(H,24,25)(H2,20,21,22,23). The first-order valence-electron chi connectivity index (χ1n) is 7.27. The van der Waals surface area contributed by atoms with E-state index in [4.69, 9.17) is 0 Å². The number of hydrogen-bond donors (Lipinski definition) is 3. The van der Waals surface area contributed by atoms with E-state index in [1.807, 2.05) is 6.92 Å². The molecule has 0 bridgehead atoms. The molecule has 7 nitrogen and oxygen atoms in total. The Balaban J connectivity index is 1.94. The fourth-order valence-electron chi connectivity index (χ4n) is 2.24. The molecule has 8 heteroatoms. The van der Waals surface area contributed by atoms with Gasteiger partial charge in [-0.1, -0.05) is 15.9 Å². The quantitative estimate of drug-likeness (QED) is 0.620. The second-order valence-corrected chi connectivity index (χ2v) is 6.19. The second kappa shape index (κ2) is 6.86. The lowest BCUT2D eigenvalue weighted by atomic mass is 10.1. The molecule has 3 rings (SSSR count). The van der Waals surface area contributed by atoms with Gasteiger partial charge in [0.25, 0.3) is 5.91 Å². The first-order valence-corrected chi connectivity index (χ1v) is 8.06. The highest BCUT2D eigenvalue weighted by atomic mass is 79.9. The maximum atomic E-state index is 12.3. The van der Waals surface area contributed by atoms with Crippen molar-refractivity contribution < 1.29 is 14.7 Å². The number of carboxylic acid groups (broad SMARTS) is 1. The van der Waals surface area contributed by atoms with E-state index >= 15 is 0 Å². The number of anilines is 1. The van der Waals surface area contributed by atoms with E-state index in [1.165, 1.54) is 6.20 Å². The molecule has 0 aliphatic carbocycles. The second-order valence-electron chi connectivity index (χ2n) is 5.28. The van der Waals surface area contributed by atoms with Crippen molar-refractivity contribution in [2.45, 2.75) is 6.92 Å². The minimum atomic E-state index is -1.20. The third kappa shape index (κ3) is 3.58. The van der Waals surface area contributed by atoms with Crippen molar-refractivity contribution in [3.63, 3.8) is 0 Å². The van der Waals surface area contributed by atoms with E-state index in [1.54, 1.807) is 36.4 Å². The molecule has 0 saturated carbocycles. The number of halogens is 1. The third-order valence-corrected chi connectivity index (χ3v) is 4.04. The van der Waals surface area contributed by atoms with Gasteiger partial charge in [0.15, 0.2) is 0 Å². The Labute approximate surface area is 151 Å². The highest BCUT2D eigenvalue weighted by molar-refractivity contribution is 9.10. The van der Waals surface area contributed by atoms with Crippen LogP contribution in [0.1, 0.15) is 26.4 Å². The van der Waals surface area contributed by atoms with Crippen LogP contribution < -0.4 is 5.32 Å². The Kier molecular flexibility index (Phi) is 4.62. The summed E-state index contributed by atoms with van der Waals surface area (Å²) in [6.45, 7) is 1.83. The number of aryl methyl sites for hydroxylation is 1. The summed E-state index contributed by atoms with van der Waals surface area (Å²) in [4.78, 5) is 28.1. The monoisotopic (exact) mass is 400 g/mol. The Morgan fingerprint density at radius 2 is 1.88 bits per heavy atom. The SMILES string of the molecule is Cc1ccc(-c2n[nH]c(NC(=O)c3ccc(Br)cc3)c2C(=O)O)cn1. The molecule has 0 saturated heterocycles. The zero-order valence-electron chi connectivity index (χ0n) is 13.1. The number of carboxylic acids is 1. The van der Waals surface area contributed by atoms with Crippen molar-refractivity contribution in [3.05, 3.63) is 63.9 Å². The number of aromatic amines is 1. The number of benzene rings is 1. The van der Waals surface area contributed by atoms with E-state index in [9.17, 15) is 14.7 Å². The van der Waals surface area contributed by atoms with Crippen LogP contribution in [0, 0.1) is 6.92 Å². The van der Waals surface area contributed by atoms with E-state index in [0.29, 0.717) is 11.1 Å². The summed E-state index contributed by atoms with van der Waals surface area (Å²) >= 11 is 3.29. The maximum absolute atomic E-state index is 12.3. The number of pyridine rings is 1. The number of carbonyl (C=O) groups is 2. The molecular formula is C17H13BrN4O3. The molecule has 2 heterocycles. The molecule has 0 radical (unpaired) electrons. The van der Waals surface area contributed by atoms with E-state index in [-0.39, 0.29) is 17.1 Å². The first kappa shape index (κ1) is 16.8. The van der Waals surface area contributed by atoms with Gasteiger partial charge in [-0.2, -0.15) is 5.10 Å². The van der Waals surface area contributed by atoms with Crippen LogP contribution in [0.4, 0.5) is 5.82 Å². The van der Waals surface area contributed by atoms with Gasteiger partial charge >= 0.3 is 5.97 Å². The van der Waals surface area contributed by atoms with Crippen LogP contribution in [0.15, 0.2) is 47.1 Å². The smallest absolute Gasteiger partial charge is 0.341 e. The minimum absolute atomic E-state index is 0.0241. The average molecular weight is 401 g/mol. The molecule has 0 atom stereocenters. The lowest BCUT2D eigenvalue weighted by molar-refractivity contribution is 0.0699. The fraction of sp³-hybridized carbons (Fsp3) is 0.0588. The molecule has 1 aromatic carbocycles. The van der Waals surface area contributed by atoms with Gasteiger partial charge in [-0.05, 0) is 43.3 Å². The zero-order chi connectivity index (χ0) is 18.0. The molecule has 3 aromatic rings. The van der Waals surface area contributed by atoms with Crippen LogP contribution in [-0.2, 0) is 0 Å². The molecule has 1 amide bonds. The molecule has 25 heavy (non-hydrogen) atoms. The Hall–Kier alpha value is -3.00. The minimum Gasteiger partial charge on any atom is -0.477 e. The van der Waals surface area contributed by atoms with Crippen LogP contribution in [0.5, 0.6) is 0 Å². The molecule has 0 unspecified atom stereocenters. The number of aromatic nitrogens is 3. The summed E-state index contributed by atoms with van der Waals surface area (Å²) in [5.74, 6) is -1.61. The van der Waals surface area contributed by atoms with Crippen LogP contribution in [0.3, 0.4) is 0 Å². The first-order chi connectivity index (χ1) is 12.0. The lowest BCUT2D eigenvalue weighted by Crippen LogP contribution is -2.14. The van der Waals surface area contributed by atoms with E-state index in [2.05, 4.69) is 36.4 Å². The van der Waals surface area contributed by atoms with Gasteiger partial charge in [0.2, 0.25) is 0 Å². The molecule has 0 aliphatic rings. The normalized spacial score (nSPS) is 10.5. The number of hydrogen-bond acceptors (Lipinski definition) is 4. The van der Waals surface area contributed by atoms with E-state index < -0.39 is 11.9 Å². The van der Waals surface area contributed by atoms with Gasteiger partial charge in [-0.15, -0.1) is 0 Å². The number of nitrogens with zero attached hydrogens (tertiary/aromatic N) is 2. The van der Waals surface area contributed by atoms with Crippen molar-refractivity contribution >= 4 is 33.6 Å². The van der Waals surface area contributed by atoms with Gasteiger partial charge in [-0.3, -0.25) is 14.9 Å².